The molecule has 4 aliphatic heterocycles. The zero-order valence-corrected chi connectivity index (χ0v) is 57.4. The van der Waals surface area contributed by atoms with Crippen molar-refractivity contribution < 1.29 is 141 Å². The number of nitrogens with one attached hydrogen (secondary N) is 3. The molecule has 554 valence electrons. The number of rotatable bonds is 34. The van der Waals surface area contributed by atoms with Crippen LogP contribution in [0.15, 0.2) is 70.7 Å². The Morgan fingerprint density at radius 2 is 1.37 bits per heavy atom. The first-order chi connectivity index (χ1) is 45.7. The number of phosphoric acid groups is 1. The van der Waals surface area contributed by atoms with Crippen LogP contribution in [0.4, 0.5) is 4.79 Å². The Bertz CT molecular complexity index is 3020. The highest BCUT2D eigenvalue weighted by Gasteiger charge is 2.62. The van der Waals surface area contributed by atoms with Gasteiger partial charge in [-0.2, -0.15) is 0 Å². The van der Waals surface area contributed by atoms with Crippen LogP contribution < -0.4 is 27.4 Å². The molecule has 34 nitrogen and oxygen atoms in total. The van der Waals surface area contributed by atoms with E-state index in [1.807, 2.05) is 0 Å². The molecule has 0 spiro atoms. The summed E-state index contributed by atoms with van der Waals surface area (Å²) in [5.41, 5.74) is 12.1. The van der Waals surface area contributed by atoms with Crippen LogP contribution in [0.3, 0.4) is 0 Å². The van der Waals surface area contributed by atoms with Gasteiger partial charge in [0.2, 0.25) is 17.7 Å². The maximum absolute atomic E-state index is 13.9. The number of aliphatic carboxylic acids is 1. The summed E-state index contributed by atoms with van der Waals surface area (Å²) in [5, 5.41) is 106. The predicted molar refractivity (Wildman–Crippen MR) is 339 cm³/mol. The molecule has 4 saturated heterocycles. The van der Waals surface area contributed by atoms with E-state index in [0.717, 1.165) is 64.0 Å². The molecule has 22 atom stereocenters. The lowest BCUT2D eigenvalue weighted by molar-refractivity contribution is -0.370. The lowest BCUT2D eigenvalue weighted by atomic mass is 9.85. The van der Waals surface area contributed by atoms with Gasteiger partial charge in [-0.1, -0.05) is 73.1 Å². The topological polar surface area (TPSA) is 529 Å². The number of carboxylic acids is 1. The number of nitrogens with two attached hydrogens (primary N) is 2. The summed E-state index contributed by atoms with van der Waals surface area (Å²) in [4.78, 5) is 100. The number of aliphatic hydroxyl groups excluding tert-OH is 7. The van der Waals surface area contributed by atoms with Crippen molar-refractivity contribution in [3.63, 3.8) is 0 Å². The summed E-state index contributed by atoms with van der Waals surface area (Å²) in [7, 11) is -5.73. The van der Waals surface area contributed by atoms with E-state index in [1.54, 1.807) is 13.0 Å². The van der Waals surface area contributed by atoms with Crippen LogP contribution in [0.2, 0.25) is 0 Å². The number of ketones is 1. The number of hydrogen-bond donors (Lipinski definition) is 15. The maximum atomic E-state index is 13.9. The minimum atomic E-state index is -5.73. The Hall–Kier alpha value is -5.96. The van der Waals surface area contributed by atoms with Crippen molar-refractivity contribution in [1.29, 1.82) is 0 Å². The van der Waals surface area contributed by atoms with Crippen LogP contribution in [0.1, 0.15) is 127 Å². The second-order valence-electron chi connectivity index (χ2n) is 26.0. The Kier molecular flexibility index (Phi) is 30.9. The van der Waals surface area contributed by atoms with E-state index in [2.05, 4.69) is 81.5 Å². The third kappa shape index (κ3) is 23.3. The number of amides is 5. The molecule has 98 heavy (non-hydrogen) atoms. The lowest BCUT2D eigenvalue weighted by Gasteiger charge is -2.51. The minimum Gasteiger partial charge on any atom is -0.510 e. The van der Waals surface area contributed by atoms with Gasteiger partial charge in [0.25, 0.3) is 5.91 Å². The molecule has 35 heteroatoms. The highest BCUT2D eigenvalue weighted by Crippen LogP contribution is 2.49. The van der Waals surface area contributed by atoms with Gasteiger partial charge in [-0.15, -0.1) is 0 Å². The predicted octanol–water partition coefficient (Wildman–Crippen LogP) is 0.148. The van der Waals surface area contributed by atoms with Crippen molar-refractivity contribution in [3.05, 3.63) is 70.7 Å². The summed E-state index contributed by atoms with van der Waals surface area (Å²) >= 11 is 0. The number of allylic oxidation sites excluding steroid dienone is 10. The first kappa shape index (κ1) is 82.7. The fraction of sp³-hybridized carbons (Fsp3) is 0.698. The number of hydrogen-bond acceptors (Lipinski definition) is 27. The first-order valence-corrected chi connectivity index (χ1v) is 33.3. The Labute approximate surface area is 566 Å². The molecule has 0 saturated carbocycles. The van der Waals surface area contributed by atoms with E-state index in [0.29, 0.717) is 12.8 Å². The third-order valence-electron chi connectivity index (χ3n) is 16.8. The molecule has 0 radical (unpaired) electrons. The number of aliphatic hydroxyl groups is 8. The van der Waals surface area contributed by atoms with Gasteiger partial charge in [0.1, 0.15) is 78.0 Å². The summed E-state index contributed by atoms with van der Waals surface area (Å²) in [6.45, 7) is 18.0. The summed E-state index contributed by atoms with van der Waals surface area (Å²) < 4.78 is 76.2. The molecule has 1 unspecified atom stereocenters. The van der Waals surface area contributed by atoms with Crippen LogP contribution in [0, 0.1) is 5.41 Å². The Morgan fingerprint density at radius 3 is 1.94 bits per heavy atom. The normalized spacial score (nSPS) is 33.5. The summed E-state index contributed by atoms with van der Waals surface area (Å²) in [6.07, 6.45) is -23.3. The second-order valence-corrected chi connectivity index (χ2v) is 27.4. The van der Waals surface area contributed by atoms with Gasteiger partial charge in [0.15, 0.2) is 61.5 Å². The minimum absolute atomic E-state index is 0.0960. The zero-order valence-electron chi connectivity index (χ0n) is 56.5. The molecule has 4 heterocycles. The average Bonchev–Trinajstić information content (AvgIpc) is 0.834. The molecule has 0 aromatic rings. The molecule has 5 aliphatic rings. The van der Waals surface area contributed by atoms with Gasteiger partial charge in [-0.05, 0) is 91.9 Å². The molecule has 1 aliphatic carbocycles. The zero-order chi connectivity index (χ0) is 73.5. The van der Waals surface area contributed by atoms with Gasteiger partial charge in [-0.3, -0.25) is 33.0 Å². The average molecular weight is 1420 g/mol. The van der Waals surface area contributed by atoms with E-state index in [9.17, 15) is 89.0 Å². The van der Waals surface area contributed by atoms with E-state index >= 15 is 0 Å². The number of carbonyl (C=O) groups excluding carboxylic acids is 6. The van der Waals surface area contributed by atoms with Gasteiger partial charge in [0, 0.05) is 26.7 Å². The number of phosphoric ester groups is 1. The van der Waals surface area contributed by atoms with E-state index in [-0.39, 0.29) is 24.9 Å². The SMILES string of the molecule is C=C(C/C=C(\C)CCC=C(C)C)CCC(C)(C)/C=C/CC/C(C)=C\CO[C@H](COP(=O)(O)O[C@H]1O[C@H](C(N)=O)[C@@](C)(O)[C@H](OC(N)=O)[C@H]1O[C@@H]1O[C@H](CO)[C@@H](O[C@@H]2O[C@H](C)[C@@H](O[C@@H]3O[C@H](C(=O)NC4=C(O)CCC4=O)[C@H](O)[C@H](O)[C@H]3O)[C@H](O)[C@H]2NC(C)=O)[C@H](O)[C@H]1NC(C)=O)C(=O)O. The van der Waals surface area contributed by atoms with Crippen molar-refractivity contribution in [2.75, 3.05) is 19.8 Å². The number of carboxylic acid groups (broad SMARTS) is 1. The molecule has 0 aromatic carbocycles. The van der Waals surface area contributed by atoms with Crippen LogP contribution in [-0.4, -0.2) is 240 Å². The number of primary amides is 2. The van der Waals surface area contributed by atoms with Gasteiger partial charge >= 0.3 is 19.9 Å². The van der Waals surface area contributed by atoms with Crippen LogP contribution in [0.25, 0.3) is 0 Å². The van der Waals surface area contributed by atoms with Gasteiger partial charge in [0.05, 0.1) is 25.9 Å². The lowest BCUT2D eigenvalue weighted by Crippen LogP contribution is -2.72. The fourth-order valence-electron chi connectivity index (χ4n) is 11.3. The third-order valence-corrected chi connectivity index (χ3v) is 17.8. The smallest absolute Gasteiger partial charge is 0.474 e. The van der Waals surface area contributed by atoms with E-state index in [4.69, 9.17) is 63.1 Å². The molecule has 5 amide bonds. The van der Waals surface area contributed by atoms with Crippen molar-refractivity contribution >= 4 is 49.3 Å². The summed E-state index contributed by atoms with van der Waals surface area (Å²) in [5.74, 6) is -7.31. The van der Waals surface area contributed by atoms with E-state index in [1.165, 1.54) is 18.1 Å². The highest BCUT2D eigenvalue weighted by atomic mass is 31.2. The van der Waals surface area contributed by atoms with E-state index < -0.39 is 202 Å². The largest absolute Gasteiger partial charge is 0.510 e. The highest BCUT2D eigenvalue weighted by molar-refractivity contribution is 7.47. The van der Waals surface area contributed by atoms with Crippen LogP contribution in [-0.2, 0) is 85.0 Å². The Balaban J connectivity index is 1.30. The van der Waals surface area contributed by atoms with Crippen LogP contribution in [0.5, 0.6) is 0 Å². The first-order valence-electron chi connectivity index (χ1n) is 31.9. The second kappa shape index (κ2) is 36.6. The molecule has 0 bridgehead atoms. The molecular formula is C63H98N5O29P. The Morgan fingerprint density at radius 1 is 0.776 bits per heavy atom. The van der Waals surface area contributed by atoms with Gasteiger partial charge < -0.3 is 121 Å². The fourth-order valence-corrected chi connectivity index (χ4v) is 12.1. The van der Waals surface area contributed by atoms with Crippen molar-refractivity contribution in [2.24, 2.45) is 16.9 Å². The van der Waals surface area contributed by atoms with Crippen molar-refractivity contribution in [2.45, 2.75) is 255 Å². The quantitative estimate of drug-likeness (QED) is 0.0301. The standard InChI is InChI=1S/C63H98N5O29P/c1-29(2)15-14-17-30(3)18-19-32(5)22-25-62(9,10)24-13-12-16-31(4)23-26-87-39(56(81)82)28-88-98(85,86)97-60-51(52(96-61(65)83)63(11,84)53(95-60)54(64)79)94-58-42(67-35(8)71)44(75)49(38(27-69)90-58)92-57-41(66-34(7)70)43(74)48(33(6)89-57)91-59-47(78)45(76)46(77)50(93-59)55(80)68-40-36(72)20-21-37(40)73/h13,15,18,23-24,33,38-39,41-53,57-60,69,72,74-78,84H,5,12,14,16-17,19-22,25-28H2,1-4,6-11H3,(H2,64,79)(H2,65,83)(H,66,70)(H,67,71)(H,68,80)(H,81,82)(H,85,86)/b24-13+,30-18+,31-23-/t33-,38-,39-,41-,42-,43-,44-,45+,46-,47-,48-,49-,50+,51-,52-,53-,57+,58+,59-,60-,63+/m1/s1. The van der Waals surface area contributed by atoms with Gasteiger partial charge in [-0.25, -0.2) is 14.2 Å². The van der Waals surface area contributed by atoms with Crippen LogP contribution >= 0.6 is 7.82 Å². The summed E-state index contributed by atoms with van der Waals surface area (Å²) in [6, 6.07) is -3.72. The monoisotopic (exact) mass is 1420 g/mol. The van der Waals surface area contributed by atoms with Crippen molar-refractivity contribution in [3.8, 4) is 0 Å². The van der Waals surface area contributed by atoms with Crippen molar-refractivity contribution in [1.82, 2.24) is 16.0 Å². The molecule has 4 fully saturated rings. The molecule has 0 aromatic heterocycles. The number of carbonyl (C=O) groups is 7. The number of ether oxygens (including phenoxy) is 9. The number of Topliss-reactive ketones (excluding diaryl/α,β-unsaturated/α-hetero) is 1. The molecule has 17 N–H and O–H groups in total. The molecular weight excluding hydrogens is 1320 g/mol. The molecule has 5 rings (SSSR count). The maximum Gasteiger partial charge on any atom is 0.474 e.